The van der Waals surface area contributed by atoms with Crippen molar-refractivity contribution in [3.05, 3.63) is 60.4 Å². The summed E-state index contributed by atoms with van der Waals surface area (Å²) in [5.74, 6) is 0.931. The van der Waals surface area contributed by atoms with Gasteiger partial charge >= 0.3 is 0 Å². The van der Waals surface area contributed by atoms with Crippen LogP contribution in [-0.4, -0.2) is 77.4 Å². The molecule has 3 aromatic rings. The van der Waals surface area contributed by atoms with Gasteiger partial charge in [0.15, 0.2) is 0 Å². The fourth-order valence-electron chi connectivity index (χ4n) is 3.85. The molecule has 1 amide bonds. The predicted molar refractivity (Wildman–Crippen MR) is 122 cm³/mol. The molecule has 0 saturated carbocycles. The number of carbonyl (C=O) groups excluding carboxylic acids is 1. The van der Waals surface area contributed by atoms with Crippen LogP contribution in [0, 0.1) is 0 Å². The number of ether oxygens (including phenoxy) is 1. The molecule has 2 heterocycles. The Kier molecular flexibility index (Phi) is 7.29. The molecule has 1 saturated heterocycles. The highest BCUT2D eigenvalue weighted by molar-refractivity contribution is 5.78. The third-order valence-corrected chi connectivity index (χ3v) is 5.70. The maximum atomic E-state index is 12.2. The number of aromatic nitrogens is 4. The summed E-state index contributed by atoms with van der Waals surface area (Å²) >= 11 is 0. The normalized spacial score (nSPS) is 14.3. The Bertz CT molecular complexity index is 967. The van der Waals surface area contributed by atoms with E-state index in [0.29, 0.717) is 13.0 Å². The summed E-state index contributed by atoms with van der Waals surface area (Å²) in [6.45, 7) is 5.79. The zero-order valence-electron chi connectivity index (χ0n) is 18.4. The van der Waals surface area contributed by atoms with Gasteiger partial charge in [-0.15, -0.1) is 5.10 Å². The molecule has 0 bridgehead atoms. The molecule has 1 fully saturated rings. The largest absolute Gasteiger partial charge is 0.497 e. The summed E-state index contributed by atoms with van der Waals surface area (Å²) in [4.78, 5) is 17.1. The Morgan fingerprint density at radius 1 is 1.00 bits per heavy atom. The number of hydrogen-bond donors (Lipinski definition) is 1. The van der Waals surface area contributed by atoms with Gasteiger partial charge in [-0.1, -0.05) is 12.1 Å². The Balaban J connectivity index is 1.12. The maximum absolute atomic E-state index is 12.2. The van der Waals surface area contributed by atoms with E-state index in [4.69, 9.17) is 4.74 Å². The van der Waals surface area contributed by atoms with E-state index in [1.165, 1.54) is 5.69 Å². The fourth-order valence-corrected chi connectivity index (χ4v) is 3.85. The van der Waals surface area contributed by atoms with E-state index in [1.54, 1.807) is 18.1 Å². The van der Waals surface area contributed by atoms with E-state index in [0.717, 1.165) is 56.1 Å². The third-order valence-electron chi connectivity index (χ3n) is 5.70. The number of benzene rings is 2. The second-order valence-electron chi connectivity index (χ2n) is 7.83. The molecule has 2 aromatic carbocycles. The lowest BCUT2D eigenvalue weighted by atomic mass is 10.1. The van der Waals surface area contributed by atoms with Gasteiger partial charge in [-0.3, -0.25) is 9.69 Å². The van der Waals surface area contributed by atoms with Crippen molar-refractivity contribution in [2.75, 3.05) is 51.3 Å². The zero-order chi connectivity index (χ0) is 22.2. The van der Waals surface area contributed by atoms with Crippen LogP contribution in [0.1, 0.15) is 12.0 Å². The number of nitrogens with zero attached hydrogens (tertiary/aromatic N) is 6. The van der Waals surface area contributed by atoms with Gasteiger partial charge in [0, 0.05) is 38.4 Å². The lowest BCUT2D eigenvalue weighted by Crippen LogP contribution is -2.47. The van der Waals surface area contributed by atoms with E-state index in [-0.39, 0.29) is 5.91 Å². The first kappa shape index (κ1) is 21.8. The first-order valence-corrected chi connectivity index (χ1v) is 10.9. The van der Waals surface area contributed by atoms with Crippen LogP contribution in [0.2, 0.25) is 0 Å². The number of anilines is 1. The van der Waals surface area contributed by atoms with Crippen LogP contribution in [0.4, 0.5) is 5.69 Å². The van der Waals surface area contributed by atoms with Gasteiger partial charge in [-0.2, -0.15) is 0 Å². The van der Waals surface area contributed by atoms with Gasteiger partial charge in [0.25, 0.3) is 0 Å². The monoisotopic (exact) mass is 435 g/mol. The topological polar surface area (TPSA) is 88.4 Å². The summed E-state index contributed by atoms with van der Waals surface area (Å²) in [6.07, 6.45) is 2.86. The lowest BCUT2D eigenvalue weighted by molar-refractivity contribution is -0.120. The molecule has 1 aliphatic rings. The molecule has 1 aliphatic heterocycles. The number of piperazine rings is 1. The summed E-state index contributed by atoms with van der Waals surface area (Å²) < 4.78 is 6.82. The predicted octanol–water partition coefficient (Wildman–Crippen LogP) is 1.54. The quantitative estimate of drug-likeness (QED) is 0.510. The molecule has 0 atom stereocenters. The first-order chi connectivity index (χ1) is 15.7. The van der Waals surface area contributed by atoms with Crippen molar-refractivity contribution < 1.29 is 9.53 Å². The summed E-state index contributed by atoms with van der Waals surface area (Å²) in [5, 5.41) is 14.1. The van der Waals surface area contributed by atoms with E-state index < -0.39 is 0 Å². The third kappa shape index (κ3) is 5.82. The zero-order valence-corrected chi connectivity index (χ0v) is 18.4. The highest BCUT2D eigenvalue weighted by Crippen LogP contribution is 2.20. The average molecular weight is 436 g/mol. The number of tetrazole rings is 1. The molecular formula is C23H29N7O2. The highest BCUT2D eigenvalue weighted by Gasteiger charge is 2.17. The van der Waals surface area contributed by atoms with Crippen molar-refractivity contribution >= 4 is 11.6 Å². The van der Waals surface area contributed by atoms with Crippen LogP contribution >= 0.6 is 0 Å². The number of nitrogens with one attached hydrogen (secondary N) is 1. The van der Waals surface area contributed by atoms with Crippen molar-refractivity contribution in [1.82, 2.24) is 30.4 Å². The molecule has 0 unspecified atom stereocenters. The Morgan fingerprint density at radius 3 is 2.38 bits per heavy atom. The molecule has 0 aliphatic carbocycles. The average Bonchev–Trinajstić information content (AvgIpc) is 3.38. The summed E-state index contributed by atoms with van der Waals surface area (Å²) in [6, 6.07) is 15.9. The molecule has 9 nitrogen and oxygen atoms in total. The smallest absolute Gasteiger partial charge is 0.224 e. The van der Waals surface area contributed by atoms with Crippen molar-refractivity contribution in [3.63, 3.8) is 0 Å². The van der Waals surface area contributed by atoms with E-state index in [2.05, 4.69) is 42.8 Å². The van der Waals surface area contributed by atoms with Gasteiger partial charge in [0.2, 0.25) is 5.91 Å². The molecule has 0 spiro atoms. The molecule has 4 rings (SSSR count). The Hall–Kier alpha value is -3.46. The standard InChI is InChI=1S/C23H29N7O2/c1-32-22-9-7-20(8-10-22)29-15-13-28(14-16-29)12-2-11-24-23(31)17-19-3-5-21(6-4-19)30-18-25-26-27-30/h3-10,18H,2,11-17H2,1H3,(H,24,31). The second kappa shape index (κ2) is 10.7. The van der Waals surface area contributed by atoms with E-state index in [9.17, 15) is 4.79 Å². The number of hydrogen-bond acceptors (Lipinski definition) is 7. The van der Waals surface area contributed by atoms with Crippen molar-refractivity contribution in [3.8, 4) is 11.4 Å². The highest BCUT2D eigenvalue weighted by atomic mass is 16.5. The summed E-state index contributed by atoms with van der Waals surface area (Å²) in [5.41, 5.74) is 3.07. The van der Waals surface area contributed by atoms with E-state index in [1.807, 2.05) is 36.4 Å². The SMILES string of the molecule is COc1ccc(N2CCN(CCCNC(=O)Cc3ccc(-n4cnnn4)cc3)CC2)cc1. The van der Waals surface area contributed by atoms with Gasteiger partial charge in [-0.05, 0) is 65.4 Å². The minimum atomic E-state index is 0.0458. The van der Waals surface area contributed by atoms with Crippen molar-refractivity contribution in [2.24, 2.45) is 0 Å². The Labute approximate surface area is 188 Å². The van der Waals surface area contributed by atoms with Gasteiger partial charge in [-0.25, -0.2) is 4.68 Å². The van der Waals surface area contributed by atoms with E-state index >= 15 is 0 Å². The van der Waals surface area contributed by atoms with Crippen LogP contribution in [0.3, 0.4) is 0 Å². The molecule has 168 valence electrons. The summed E-state index contributed by atoms with van der Waals surface area (Å²) in [7, 11) is 1.69. The van der Waals surface area contributed by atoms with Crippen LogP contribution in [0.15, 0.2) is 54.9 Å². The minimum absolute atomic E-state index is 0.0458. The minimum Gasteiger partial charge on any atom is -0.497 e. The molecule has 9 heteroatoms. The molecule has 1 aromatic heterocycles. The number of carbonyl (C=O) groups is 1. The molecule has 0 radical (unpaired) electrons. The van der Waals surface area contributed by atoms with Crippen LogP contribution in [0.25, 0.3) is 5.69 Å². The van der Waals surface area contributed by atoms with Crippen LogP contribution < -0.4 is 15.0 Å². The Morgan fingerprint density at radius 2 is 1.72 bits per heavy atom. The number of rotatable bonds is 9. The fraction of sp³-hybridized carbons (Fsp3) is 0.391. The lowest BCUT2D eigenvalue weighted by Gasteiger charge is -2.36. The van der Waals surface area contributed by atoms with Gasteiger partial charge < -0.3 is 15.0 Å². The van der Waals surface area contributed by atoms with Crippen LogP contribution in [0.5, 0.6) is 5.75 Å². The van der Waals surface area contributed by atoms with Crippen molar-refractivity contribution in [2.45, 2.75) is 12.8 Å². The maximum Gasteiger partial charge on any atom is 0.224 e. The first-order valence-electron chi connectivity index (χ1n) is 10.9. The molecule has 32 heavy (non-hydrogen) atoms. The van der Waals surface area contributed by atoms with Crippen LogP contribution in [-0.2, 0) is 11.2 Å². The molecule has 1 N–H and O–H groups in total. The van der Waals surface area contributed by atoms with Crippen molar-refractivity contribution in [1.29, 1.82) is 0 Å². The molecular weight excluding hydrogens is 406 g/mol. The number of amides is 1. The van der Waals surface area contributed by atoms with Gasteiger partial charge in [0.1, 0.15) is 12.1 Å². The second-order valence-corrected chi connectivity index (χ2v) is 7.83. The number of methoxy groups -OCH3 is 1. The van der Waals surface area contributed by atoms with Gasteiger partial charge in [0.05, 0.1) is 19.2 Å².